The number of rotatable bonds is 8. The number of hydrogen-bond donors (Lipinski definition) is 1. The highest BCUT2D eigenvalue weighted by Gasteiger charge is 2.18. The van der Waals surface area contributed by atoms with Crippen LogP contribution in [0.4, 0.5) is 0 Å². The Balaban J connectivity index is 1.34. The van der Waals surface area contributed by atoms with E-state index in [4.69, 9.17) is 9.47 Å². The number of fused-ring (bicyclic) bond motifs is 4. The van der Waals surface area contributed by atoms with E-state index in [1.165, 1.54) is 11.8 Å². The number of hydrogen-bond acceptors (Lipinski definition) is 7. The van der Waals surface area contributed by atoms with Crippen LogP contribution in [0, 0.1) is 5.92 Å². The van der Waals surface area contributed by atoms with E-state index in [0.29, 0.717) is 46.8 Å². The van der Waals surface area contributed by atoms with Gasteiger partial charge in [-0.25, -0.2) is 0 Å². The van der Waals surface area contributed by atoms with Gasteiger partial charge in [0.1, 0.15) is 0 Å². The second kappa shape index (κ2) is 9.38. The predicted molar refractivity (Wildman–Crippen MR) is 129 cm³/mol. The van der Waals surface area contributed by atoms with Crippen LogP contribution in [0.3, 0.4) is 0 Å². The number of carbonyl (C=O) groups excluding carboxylic acids is 1. The maximum absolute atomic E-state index is 13.1. The molecule has 4 aromatic rings. The Morgan fingerprint density at radius 1 is 1.15 bits per heavy atom. The van der Waals surface area contributed by atoms with Gasteiger partial charge in [-0.3, -0.25) is 18.6 Å². The van der Waals surface area contributed by atoms with Crippen molar-refractivity contribution in [1.29, 1.82) is 0 Å². The number of ether oxygens (including phenoxy) is 2. The van der Waals surface area contributed by atoms with E-state index in [1.54, 1.807) is 4.57 Å². The molecule has 1 amide bonds. The molecule has 0 fully saturated rings. The van der Waals surface area contributed by atoms with Crippen molar-refractivity contribution in [2.45, 2.75) is 38.5 Å². The Kier molecular flexibility index (Phi) is 6.14. The highest BCUT2D eigenvalue weighted by atomic mass is 32.2. The number of aromatic nitrogens is 4. The Bertz CT molecular complexity index is 1430. The van der Waals surface area contributed by atoms with Crippen LogP contribution < -0.4 is 20.3 Å². The molecule has 0 aliphatic carbocycles. The van der Waals surface area contributed by atoms with E-state index in [2.05, 4.69) is 29.4 Å². The van der Waals surface area contributed by atoms with Crippen LogP contribution in [0.15, 0.2) is 52.4 Å². The maximum atomic E-state index is 13.1. The highest BCUT2D eigenvalue weighted by molar-refractivity contribution is 7.99. The highest BCUT2D eigenvalue weighted by Crippen LogP contribution is 2.32. The van der Waals surface area contributed by atoms with Crippen molar-refractivity contribution in [1.82, 2.24) is 24.5 Å². The van der Waals surface area contributed by atoms with E-state index in [9.17, 15) is 9.59 Å². The summed E-state index contributed by atoms with van der Waals surface area (Å²) in [6.45, 7) is 5.40. The van der Waals surface area contributed by atoms with Gasteiger partial charge < -0.3 is 14.8 Å². The zero-order valence-corrected chi connectivity index (χ0v) is 19.8. The molecule has 3 heterocycles. The molecule has 34 heavy (non-hydrogen) atoms. The summed E-state index contributed by atoms with van der Waals surface area (Å²) >= 11 is 1.29. The molecule has 1 aliphatic rings. The molecule has 2 aromatic heterocycles. The number of amides is 1. The van der Waals surface area contributed by atoms with Gasteiger partial charge in [-0.15, -0.1) is 10.2 Å². The fourth-order valence-corrected chi connectivity index (χ4v) is 4.62. The van der Waals surface area contributed by atoms with Crippen LogP contribution in [0.1, 0.15) is 25.8 Å². The summed E-state index contributed by atoms with van der Waals surface area (Å²) in [6, 6.07) is 13.0. The molecule has 0 atom stereocenters. The van der Waals surface area contributed by atoms with Gasteiger partial charge in [0.15, 0.2) is 16.7 Å². The Morgan fingerprint density at radius 2 is 1.97 bits per heavy atom. The number of nitrogens with zero attached hydrogens (tertiary/aromatic N) is 4. The second-order valence-corrected chi connectivity index (χ2v) is 9.47. The molecular formula is C24H25N5O4S. The molecule has 176 valence electrons. The Labute approximate surface area is 200 Å². The molecule has 0 radical (unpaired) electrons. The van der Waals surface area contributed by atoms with Crippen LogP contribution in [0.25, 0.3) is 16.7 Å². The van der Waals surface area contributed by atoms with E-state index >= 15 is 0 Å². The van der Waals surface area contributed by atoms with Crippen LogP contribution in [0.5, 0.6) is 11.5 Å². The summed E-state index contributed by atoms with van der Waals surface area (Å²) in [4.78, 5) is 25.7. The van der Waals surface area contributed by atoms with E-state index < -0.39 is 0 Å². The molecular weight excluding hydrogens is 454 g/mol. The molecule has 9 nitrogen and oxygen atoms in total. The Morgan fingerprint density at radius 3 is 2.82 bits per heavy atom. The summed E-state index contributed by atoms with van der Waals surface area (Å²) in [7, 11) is 0. The summed E-state index contributed by atoms with van der Waals surface area (Å²) in [6.07, 6.45) is 0.853. The van der Waals surface area contributed by atoms with Crippen molar-refractivity contribution >= 4 is 34.3 Å². The third-order valence-corrected chi connectivity index (χ3v) is 6.60. The summed E-state index contributed by atoms with van der Waals surface area (Å²) < 4.78 is 14.3. The largest absolute Gasteiger partial charge is 0.454 e. The zero-order chi connectivity index (χ0) is 23.7. The minimum absolute atomic E-state index is 0.0748. The van der Waals surface area contributed by atoms with Crippen molar-refractivity contribution in [2.75, 3.05) is 12.5 Å². The van der Waals surface area contributed by atoms with E-state index in [0.717, 1.165) is 17.5 Å². The van der Waals surface area contributed by atoms with Gasteiger partial charge in [-0.1, -0.05) is 43.8 Å². The summed E-state index contributed by atoms with van der Waals surface area (Å²) in [5, 5.41) is 12.7. The number of para-hydroxylation sites is 1. The number of benzene rings is 2. The number of nitrogens with one attached hydrogen (secondary N) is 1. The van der Waals surface area contributed by atoms with Gasteiger partial charge >= 0.3 is 0 Å². The first kappa shape index (κ1) is 22.3. The van der Waals surface area contributed by atoms with Gasteiger partial charge in [-0.2, -0.15) is 0 Å². The normalized spacial score (nSPS) is 12.7. The first-order valence-electron chi connectivity index (χ1n) is 11.2. The molecule has 0 bridgehead atoms. The van der Waals surface area contributed by atoms with Gasteiger partial charge in [0.25, 0.3) is 5.56 Å². The molecule has 1 N–H and O–H groups in total. The average molecular weight is 480 g/mol. The quantitative estimate of drug-likeness (QED) is 0.387. The predicted octanol–water partition coefficient (Wildman–Crippen LogP) is 3.23. The van der Waals surface area contributed by atoms with Gasteiger partial charge in [-0.05, 0) is 42.2 Å². The lowest BCUT2D eigenvalue weighted by molar-refractivity contribution is -0.118. The topological polar surface area (TPSA) is 99.8 Å². The molecule has 1 aliphatic heterocycles. The van der Waals surface area contributed by atoms with Crippen molar-refractivity contribution in [3.05, 3.63) is 58.4 Å². The van der Waals surface area contributed by atoms with Crippen molar-refractivity contribution < 1.29 is 14.3 Å². The molecule has 0 unspecified atom stereocenters. The molecule has 0 saturated carbocycles. The lowest BCUT2D eigenvalue weighted by atomic mass is 10.1. The van der Waals surface area contributed by atoms with Gasteiger partial charge in [0.05, 0.1) is 16.7 Å². The third kappa shape index (κ3) is 4.33. The average Bonchev–Trinajstić information content (AvgIpc) is 3.48. The van der Waals surface area contributed by atoms with Crippen LogP contribution in [-0.2, 0) is 17.9 Å². The van der Waals surface area contributed by atoms with Crippen molar-refractivity contribution in [2.24, 2.45) is 5.92 Å². The molecule has 0 saturated heterocycles. The first-order chi connectivity index (χ1) is 16.5. The van der Waals surface area contributed by atoms with Crippen LogP contribution in [-0.4, -0.2) is 37.6 Å². The van der Waals surface area contributed by atoms with Crippen LogP contribution >= 0.6 is 11.8 Å². The summed E-state index contributed by atoms with van der Waals surface area (Å²) in [5.74, 6) is 2.38. The lowest BCUT2D eigenvalue weighted by Gasteiger charge is -2.12. The standard InChI is InChI=1S/C24H25N5O4S/c1-15(2)9-10-28-22(31)17-5-3-4-6-18(17)29-23(28)26-27-24(29)34-13-21(30)25-12-16-7-8-19-20(11-16)33-14-32-19/h3-8,11,15H,9-10,12-14H2,1-2H3,(H,25,30). The minimum Gasteiger partial charge on any atom is -0.454 e. The SMILES string of the molecule is CC(C)CCn1c(=O)c2ccccc2n2c(SCC(=O)NCc3ccc4c(c3)OCO4)nnc12. The third-order valence-electron chi connectivity index (χ3n) is 5.67. The Hall–Kier alpha value is -3.53. The number of carbonyl (C=O) groups is 1. The number of aryl methyl sites for hydroxylation is 1. The smallest absolute Gasteiger partial charge is 0.262 e. The number of thioether (sulfide) groups is 1. The lowest BCUT2D eigenvalue weighted by Crippen LogP contribution is -2.25. The molecule has 10 heteroatoms. The van der Waals surface area contributed by atoms with Crippen molar-refractivity contribution in [3.63, 3.8) is 0 Å². The van der Waals surface area contributed by atoms with E-state index in [-0.39, 0.29) is 24.0 Å². The zero-order valence-electron chi connectivity index (χ0n) is 19.0. The molecule has 2 aromatic carbocycles. The molecule has 0 spiro atoms. The second-order valence-electron chi connectivity index (χ2n) is 8.53. The fourth-order valence-electron chi connectivity index (χ4n) is 3.85. The molecule has 5 rings (SSSR count). The van der Waals surface area contributed by atoms with Gasteiger partial charge in [0.2, 0.25) is 18.5 Å². The minimum atomic E-state index is -0.128. The van der Waals surface area contributed by atoms with Crippen LogP contribution in [0.2, 0.25) is 0 Å². The van der Waals surface area contributed by atoms with Gasteiger partial charge in [0, 0.05) is 13.1 Å². The van der Waals surface area contributed by atoms with E-state index in [1.807, 2.05) is 46.9 Å². The first-order valence-corrected chi connectivity index (χ1v) is 12.1. The van der Waals surface area contributed by atoms with Crippen molar-refractivity contribution in [3.8, 4) is 11.5 Å². The summed E-state index contributed by atoms with van der Waals surface area (Å²) in [5.41, 5.74) is 1.58. The maximum Gasteiger partial charge on any atom is 0.262 e. The fraction of sp³-hybridized carbons (Fsp3) is 0.333. The monoisotopic (exact) mass is 479 g/mol.